The lowest BCUT2D eigenvalue weighted by molar-refractivity contribution is -0.144. The van der Waals surface area contributed by atoms with Crippen LogP contribution in [0.3, 0.4) is 0 Å². The highest BCUT2D eigenvalue weighted by molar-refractivity contribution is 5.96. The van der Waals surface area contributed by atoms with Crippen LogP contribution in [-0.2, 0) is 51.2 Å². The predicted molar refractivity (Wildman–Crippen MR) is 283 cm³/mol. The van der Waals surface area contributed by atoms with Gasteiger partial charge in [0, 0.05) is 49.9 Å². The number of hydrogen-bond acceptors (Lipinski definition) is 11. The number of hydrogen-bond donors (Lipinski definition) is 8. The first-order valence-corrected chi connectivity index (χ1v) is 27.0. The number of Topliss-reactive ketones (excluding diaryl/α,β-unsaturated/α-hetero) is 1. The average molecular weight is 1030 g/mol. The molecule has 0 radical (unpaired) electrons. The predicted octanol–water partition coefficient (Wildman–Crippen LogP) is 3.02. The third-order valence-electron chi connectivity index (χ3n) is 15.8. The van der Waals surface area contributed by atoms with E-state index in [1.807, 2.05) is 57.2 Å². The summed E-state index contributed by atoms with van der Waals surface area (Å²) in [6, 6.07) is 11.0. The Hall–Kier alpha value is -5.72. The van der Waals surface area contributed by atoms with Crippen molar-refractivity contribution in [3.63, 3.8) is 0 Å². The van der Waals surface area contributed by atoms with Gasteiger partial charge in [0.15, 0.2) is 5.78 Å². The largest absolute Gasteiger partial charge is 0.356 e. The van der Waals surface area contributed by atoms with Gasteiger partial charge in [-0.05, 0) is 140 Å². The monoisotopic (exact) mass is 1020 g/mol. The fourth-order valence-electron chi connectivity index (χ4n) is 11.1. The van der Waals surface area contributed by atoms with Crippen molar-refractivity contribution in [2.24, 2.45) is 23.0 Å². The summed E-state index contributed by atoms with van der Waals surface area (Å²) in [5, 5.41) is 21.1. The van der Waals surface area contributed by atoms with Crippen LogP contribution in [0.4, 0.5) is 0 Å². The number of aryl methyl sites for hydroxylation is 2. The highest BCUT2D eigenvalue weighted by Crippen LogP contribution is 2.36. The number of nitrogens with zero attached hydrogens (tertiary/aromatic N) is 2. The Morgan fingerprint density at radius 2 is 1.31 bits per heavy atom. The maximum Gasteiger partial charge on any atom is 0.246 e. The van der Waals surface area contributed by atoms with Gasteiger partial charge >= 0.3 is 0 Å². The number of ketones is 1. The van der Waals surface area contributed by atoms with Gasteiger partial charge in [0.05, 0.1) is 30.2 Å². The number of carbonyl (C=O) groups is 8. The third kappa shape index (κ3) is 15.0. The molecule has 2 aromatic rings. The van der Waals surface area contributed by atoms with Crippen LogP contribution in [-0.4, -0.2) is 133 Å². The lowest BCUT2D eigenvalue weighted by Crippen LogP contribution is -2.59. The third-order valence-corrected chi connectivity index (χ3v) is 15.8. The van der Waals surface area contributed by atoms with Gasteiger partial charge in [-0.3, -0.25) is 43.3 Å². The number of nitrogens with two attached hydrogens (primary N) is 1. The molecular weight excluding hydrogens is 941 g/mol. The van der Waals surface area contributed by atoms with Gasteiger partial charge in [-0.25, -0.2) is 0 Å². The molecule has 6 rings (SSSR count). The van der Waals surface area contributed by atoms with E-state index in [0.717, 1.165) is 49.7 Å². The Morgan fingerprint density at radius 1 is 0.730 bits per heavy atom. The summed E-state index contributed by atoms with van der Waals surface area (Å²) in [6.45, 7) is 9.31. The van der Waals surface area contributed by atoms with Gasteiger partial charge in [0.1, 0.15) is 12.1 Å². The number of carbonyl (C=O) groups excluding carboxylic acids is 8. The van der Waals surface area contributed by atoms with E-state index in [1.54, 1.807) is 39.9 Å². The van der Waals surface area contributed by atoms with Crippen LogP contribution in [0.1, 0.15) is 146 Å². The van der Waals surface area contributed by atoms with Crippen molar-refractivity contribution in [2.75, 3.05) is 34.2 Å². The topological polar surface area (TPSA) is 253 Å². The van der Waals surface area contributed by atoms with Gasteiger partial charge in [0.2, 0.25) is 41.4 Å². The minimum absolute atomic E-state index is 0.0223. The number of likely N-dealkylation sites (tertiary alicyclic amines) is 1. The molecule has 7 amide bonds. The molecule has 2 fully saturated rings. The highest BCUT2D eigenvalue weighted by Gasteiger charge is 2.47. The minimum Gasteiger partial charge on any atom is -0.356 e. The summed E-state index contributed by atoms with van der Waals surface area (Å²) in [4.78, 5) is 113. The van der Waals surface area contributed by atoms with E-state index < -0.39 is 59.4 Å². The van der Waals surface area contributed by atoms with E-state index in [1.165, 1.54) is 16.0 Å². The molecule has 406 valence electrons. The van der Waals surface area contributed by atoms with E-state index in [4.69, 9.17) is 5.73 Å². The van der Waals surface area contributed by atoms with E-state index in [-0.39, 0.29) is 105 Å². The quantitative estimate of drug-likeness (QED) is 0.0797. The number of likely N-dealkylation sites (N-methyl/N-ethyl adjacent to an activating group) is 2. The van der Waals surface area contributed by atoms with Crippen molar-refractivity contribution in [3.8, 4) is 0 Å². The molecule has 74 heavy (non-hydrogen) atoms. The van der Waals surface area contributed by atoms with Crippen molar-refractivity contribution >= 4 is 47.1 Å². The standard InChI is InChI=1S/C56H84N10O8/c1-33(58-6)51(70)63-45(49(69)41-29-37(57)30-42(41)53(72)61-43-23-13-19-35-17-9-11-21-39(35)43)25-16-28-59-47(67)26-15-27-48(68)60-38-31-46(54(73)62-44-24-14-20-36-18-10-12-22-40(36)44)66(32-38)55(74)50(56(3,4)5)64-52(71)34(2)65(7)8/h9-12,17-18,21-22,33-34,37-38,41-46,50,58H,13-16,19-20,23-32,57H2,1-8H3,(H,59,67)(H,60,68)(H,61,72)(H,62,73)(H,63,70)(H,64,71)/t33-,34-,37+,38-,41?,42+,43+,44+,45-,46-,50+/m0/s1. The molecule has 1 saturated carbocycles. The van der Waals surface area contributed by atoms with Crippen LogP contribution in [0.5, 0.6) is 0 Å². The van der Waals surface area contributed by atoms with Crippen LogP contribution in [0.2, 0.25) is 0 Å². The Balaban J connectivity index is 1.02. The number of amides is 7. The average Bonchev–Trinajstić information content (AvgIpc) is 3.99. The van der Waals surface area contributed by atoms with Gasteiger partial charge in [-0.2, -0.15) is 0 Å². The zero-order valence-corrected chi connectivity index (χ0v) is 45.0. The van der Waals surface area contributed by atoms with Gasteiger partial charge in [-0.1, -0.05) is 69.3 Å². The second kappa shape index (κ2) is 26.2. The summed E-state index contributed by atoms with van der Waals surface area (Å²) < 4.78 is 0. The molecule has 0 aromatic heterocycles. The zero-order chi connectivity index (χ0) is 53.9. The Labute approximate surface area is 438 Å². The number of benzene rings is 2. The molecule has 18 heteroatoms. The molecule has 1 unspecified atom stereocenters. The molecule has 1 saturated heterocycles. The van der Waals surface area contributed by atoms with Gasteiger partial charge < -0.3 is 47.9 Å². The van der Waals surface area contributed by atoms with E-state index in [9.17, 15) is 38.4 Å². The SMILES string of the molecule is CN[C@@H](C)C(=O)N[C@@H](CCCNC(=O)CCCC(=O)N[C@H]1C[C@@H](C(=O)N[C@@H]2CCCc3ccccc32)N(C(=O)[C@@H](NC(=O)[C@H](C)N(C)C)C(C)(C)C)C1)C(=O)C1C[C@@H](N)C[C@H]1C(=O)N[C@@H]1CCCc2ccccc21. The van der Waals surface area contributed by atoms with E-state index >= 15 is 0 Å². The van der Waals surface area contributed by atoms with Gasteiger partial charge in [-0.15, -0.1) is 0 Å². The molecule has 0 spiro atoms. The van der Waals surface area contributed by atoms with Crippen molar-refractivity contribution in [1.82, 2.24) is 47.0 Å². The molecule has 9 N–H and O–H groups in total. The molecule has 4 aliphatic rings. The molecule has 0 bridgehead atoms. The summed E-state index contributed by atoms with van der Waals surface area (Å²) in [6.07, 6.45) is 7.04. The molecule has 1 heterocycles. The van der Waals surface area contributed by atoms with Crippen molar-refractivity contribution in [2.45, 2.75) is 179 Å². The van der Waals surface area contributed by atoms with Crippen LogP contribution in [0.25, 0.3) is 0 Å². The van der Waals surface area contributed by atoms with E-state index in [2.05, 4.69) is 49.4 Å². The highest BCUT2D eigenvalue weighted by atomic mass is 16.2. The molecule has 3 aliphatic carbocycles. The van der Waals surface area contributed by atoms with Crippen molar-refractivity contribution in [1.29, 1.82) is 0 Å². The first kappa shape index (κ1) is 57.6. The molecular formula is C56H84N10O8. The lowest BCUT2D eigenvalue weighted by atomic mass is 9.84. The van der Waals surface area contributed by atoms with Crippen LogP contribution >= 0.6 is 0 Å². The van der Waals surface area contributed by atoms with E-state index in [0.29, 0.717) is 19.3 Å². The summed E-state index contributed by atoms with van der Waals surface area (Å²) in [5.74, 6) is -3.78. The second-order valence-corrected chi connectivity index (χ2v) is 22.5. The zero-order valence-electron chi connectivity index (χ0n) is 45.0. The Bertz CT molecular complexity index is 2340. The molecule has 2 aromatic carbocycles. The normalized spacial score (nSPS) is 24.0. The fraction of sp³-hybridized carbons (Fsp3) is 0.643. The first-order valence-electron chi connectivity index (χ1n) is 27.0. The minimum atomic E-state index is -0.953. The van der Waals surface area contributed by atoms with Crippen LogP contribution in [0.15, 0.2) is 48.5 Å². The molecule has 1 aliphatic heterocycles. The number of fused-ring (bicyclic) bond motifs is 2. The van der Waals surface area contributed by atoms with Crippen LogP contribution < -0.4 is 43.0 Å². The van der Waals surface area contributed by atoms with Crippen molar-refractivity contribution in [3.05, 3.63) is 70.8 Å². The molecule has 18 nitrogen and oxygen atoms in total. The lowest BCUT2D eigenvalue weighted by Gasteiger charge is -2.37. The summed E-state index contributed by atoms with van der Waals surface area (Å²) in [5.41, 5.74) is 10.2. The summed E-state index contributed by atoms with van der Waals surface area (Å²) in [7, 11) is 5.22. The van der Waals surface area contributed by atoms with Gasteiger partial charge in [0.25, 0.3) is 0 Å². The Morgan fingerprint density at radius 3 is 1.91 bits per heavy atom. The maximum atomic E-state index is 14.6. The Kier molecular flexibility index (Phi) is 20.4. The number of nitrogens with one attached hydrogen (secondary N) is 7. The fourth-order valence-corrected chi connectivity index (χ4v) is 11.1. The molecule has 11 atom stereocenters. The summed E-state index contributed by atoms with van der Waals surface area (Å²) >= 11 is 0. The smallest absolute Gasteiger partial charge is 0.246 e. The first-order chi connectivity index (χ1) is 35.2. The number of rotatable bonds is 22. The van der Waals surface area contributed by atoms with Crippen molar-refractivity contribution < 1.29 is 38.4 Å². The second-order valence-electron chi connectivity index (χ2n) is 22.5. The van der Waals surface area contributed by atoms with Crippen LogP contribution in [0, 0.1) is 17.3 Å². The maximum absolute atomic E-state index is 14.6.